The number of hydrogen-bond acceptors (Lipinski definition) is 5. The van der Waals surface area contributed by atoms with E-state index in [1.807, 2.05) is 0 Å². The quantitative estimate of drug-likeness (QED) is 0.753. The van der Waals surface area contributed by atoms with Gasteiger partial charge >= 0.3 is 0 Å². The van der Waals surface area contributed by atoms with Crippen molar-refractivity contribution in [3.05, 3.63) is 21.9 Å². The number of ether oxygens (including phenoxy) is 1. The molecule has 1 atom stereocenters. The Morgan fingerprint density at radius 1 is 1.60 bits per heavy atom. The molecule has 20 heavy (non-hydrogen) atoms. The third-order valence-electron chi connectivity index (χ3n) is 2.51. The summed E-state index contributed by atoms with van der Waals surface area (Å²) in [5.41, 5.74) is 0.654. The molecule has 0 aromatic carbocycles. The van der Waals surface area contributed by atoms with Gasteiger partial charge in [-0.3, -0.25) is 4.79 Å². The summed E-state index contributed by atoms with van der Waals surface area (Å²) < 4.78 is 4.83. The van der Waals surface area contributed by atoms with Gasteiger partial charge in [0.25, 0.3) is 5.91 Å². The van der Waals surface area contributed by atoms with Crippen LogP contribution in [-0.4, -0.2) is 61.0 Å². The average molecular weight is 297 g/mol. The smallest absolute Gasteiger partial charge is 0.265 e. The van der Waals surface area contributed by atoms with Crippen molar-refractivity contribution in [3.63, 3.8) is 0 Å². The van der Waals surface area contributed by atoms with Crippen LogP contribution in [0, 0.1) is 11.8 Å². The fourth-order valence-electron chi connectivity index (χ4n) is 1.60. The number of carbonyl (C=O) groups is 1. The Balaban J connectivity index is 2.73. The maximum atomic E-state index is 12.3. The molecule has 1 rings (SSSR count). The lowest BCUT2D eigenvalue weighted by Crippen LogP contribution is -2.36. The lowest BCUT2D eigenvalue weighted by Gasteiger charge is -2.20. The Morgan fingerprint density at radius 3 is 3.00 bits per heavy atom. The highest BCUT2D eigenvalue weighted by Crippen LogP contribution is 2.18. The Labute approximate surface area is 122 Å². The van der Waals surface area contributed by atoms with Crippen molar-refractivity contribution >= 4 is 17.2 Å². The lowest BCUT2D eigenvalue weighted by atomic mass is 10.2. The normalized spacial score (nSPS) is 11.6. The van der Waals surface area contributed by atoms with Gasteiger partial charge in [-0.25, -0.2) is 0 Å². The van der Waals surface area contributed by atoms with Crippen molar-refractivity contribution in [1.29, 1.82) is 0 Å². The number of methoxy groups -OCH3 is 1. The van der Waals surface area contributed by atoms with Gasteiger partial charge in [0.2, 0.25) is 0 Å². The molecule has 0 saturated carbocycles. The third-order valence-corrected chi connectivity index (χ3v) is 3.41. The van der Waals surface area contributed by atoms with E-state index >= 15 is 0 Å². The van der Waals surface area contributed by atoms with Crippen LogP contribution < -0.4 is 0 Å². The number of thiophene rings is 1. The average Bonchev–Trinajstić information content (AvgIpc) is 2.86. The minimum Gasteiger partial charge on any atom is -0.395 e. The van der Waals surface area contributed by atoms with Crippen LogP contribution in [0.4, 0.5) is 0 Å². The van der Waals surface area contributed by atoms with Crippen LogP contribution in [0.25, 0.3) is 0 Å². The summed E-state index contributed by atoms with van der Waals surface area (Å²) in [6.07, 6.45) is -0.330. The molecule has 110 valence electrons. The van der Waals surface area contributed by atoms with E-state index in [0.29, 0.717) is 16.9 Å². The van der Waals surface area contributed by atoms with Crippen LogP contribution in [-0.2, 0) is 4.74 Å². The van der Waals surface area contributed by atoms with Gasteiger partial charge in [0.15, 0.2) is 0 Å². The van der Waals surface area contributed by atoms with Gasteiger partial charge in [0.05, 0.1) is 19.3 Å². The Hall–Kier alpha value is -1.39. The van der Waals surface area contributed by atoms with Gasteiger partial charge in [0.1, 0.15) is 4.88 Å². The highest BCUT2D eigenvalue weighted by Gasteiger charge is 2.18. The first-order valence-corrected chi connectivity index (χ1v) is 7.07. The maximum absolute atomic E-state index is 12.3. The fraction of sp³-hybridized carbons (Fsp3) is 0.500. The maximum Gasteiger partial charge on any atom is 0.265 e. The standard InChI is InChI=1S/C14H19NO4S/c1-15(9-12(17)10-19-2)14(18)13-11(6-8-20-13)5-3-4-7-16/h6,8,12,16-17H,4,7,9-10H2,1-2H3. The number of likely N-dealkylation sites (N-methyl/N-ethyl adjacent to an activating group) is 1. The highest BCUT2D eigenvalue weighted by molar-refractivity contribution is 7.12. The number of rotatable bonds is 6. The largest absolute Gasteiger partial charge is 0.395 e. The minimum atomic E-state index is -0.710. The fourth-order valence-corrected chi connectivity index (χ4v) is 2.45. The first kappa shape index (κ1) is 16.7. The van der Waals surface area contributed by atoms with Gasteiger partial charge in [-0.1, -0.05) is 11.8 Å². The molecular weight excluding hydrogens is 278 g/mol. The van der Waals surface area contributed by atoms with Crippen LogP contribution in [0.3, 0.4) is 0 Å². The SMILES string of the molecule is COCC(O)CN(C)C(=O)c1sccc1C#CCCO. The second kappa shape index (κ2) is 8.72. The summed E-state index contributed by atoms with van der Waals surface area (Å²) in [6, 6.07) is 1.78. The van der Waals surface area contributed by atoms with E-state index in [2.05, 4.69) is 11.8 Å². The minimum absolute atomic E-state index is 0.00350. The molecule has 0 bridgehead atoms. The highest BCUT2D eigenvalue weighted by atomic mass is 32.1. The van der Waals surface area contributed by atoms with Gasteiger partial charge in [0, 0.05) is 32.7 Å². The van der Waals surface area contributed by atoms with Crippen molar-refractivity contribution in [1.82, 2.24) is 4.90 Å². The number of carbonyl (C=O) groups excluding carboxylic acids is 1. The zero-order valence-electron chi connectivity index (χ0n) is 11.6. The van der Waals surface area contributed by atoms with E-state index in [0.717, 1.165) is 0 Å². The van der Waals surface area contributed by atoms with Gasteiger partial charge in [-0.05, 0) is 11.4 Å². The topological polar surface area (TPSA) is 70.0 Å². The van der Waals surface area contributed by atoms with E-state index < -0.39 is 6.10 Å². The molecule has 2 N–H and O–H groups in total. The predicted molar refractivity (Wildman–Crippen MR) is 77.7 cm³/mol. The first-order valence-electron chi connectivity index (χ1n) is 6.19. The number of amides is 1. The third kappa shape index (κ3) is 4.94. The van der Waals surface area contributed by atoms with E-state index in [1.165, 1.54) is 23.3 Å². The summed E-state index contributed by atoms with van der Waals surface area (Å²) in [4.78, 5) is 14.3. The molecule has 1 heterocycles. The Morgan fingerprint density at radius 2 is 2.35 bits per heavy atom. The summed E-state index contributed by atoms with van der Waals surface area (Å²) in [5, 5.41) is 20.1. The van der Waals surface area contributed by atoms with Crippen molar-refractivity contribution in [3.8, 4) is 11.8 Å². The van der Waals surface area contributed by atoms with E-state index in [1.54, 1.807) is 18.5 Å². The van der Waals surface area contributed by atoms with Crippen molar-refractivity contribution in [2.75, 3.05) is 33.9 Å². The second-order valence-electron chi connectivity index (χ2n) is 4.23. The van der Waals surface area contributed by atoms with Gasteiger partial charge in [-0.2, -0.15) is 0 Å². The van der Waals surface area contributed by atoms with Crippen molar-refractivity contribution in [2.24, 2.45) is 0 Å². The second-order valence-corrected chi connectivity index (χ2v) is 5.15. The molecule has 6 heteroatoms. The molecule has 1 aromatic rings. The van der Waals surface area contributed by atoms with Crippen LogP contribution >= 0.6 is 11.3 Å². The van der Waals surface area contributed by atoms with Crippen LogP contribution in [0.5, 0.6) is 0 Å². The van der Waals surface area contributed by atoms with Crippen LogP contribution in [0.1, 0.15) is 21.7 Å². The monoisotopic (exact) mass is 297 g/mol. The Kier molecular flexibility index (Phi) is 7.26. The summed E-state index contributed by atoms with van der Waals surface area (Å²) in [7, 11) is 3.13. The molecule has 0 fully saturated rings. The molecular formula is C14H19NO4S. The number of aliphatic hydroxyl groups excluding tert-OH is 2. The zero-order chi connectivity index (χ0) is 15.0. The predicted octanol–water partition coefficient (Wildman–Crippen LogP) is 0.561. The molecule has 5 nitrogen and oxygen atoms in total. The molecule has 0 aliphatic heterocycles. The van der Waals surface area contributed by atoms with Crippen LogP contribution in [0.15, 0.2) is 11.4 Å². The molecule has 1 aromatic heterocycles. The summed E-state index contributed by atoms with van der Waals surface area (Å²) in [5.74, 6) is 5.50. The molecule has 0 aliphatic rings. The van der Waals surface area contributed by atoms with Gasteiger partial charge in [-0.15, -0.1) is 11.3 Å². The van der Waals surface area contributed by atoms with E-state index in [-0.39, 0.29) is 25.7 Å². The lowest BCUT2D eigenvalue weighted by molar-refractivity contribution is 0.0382. The molecule has 0 saturated heterocycles. The molecule has 0 radical (unpaired) electrons. The molecule has 0 spiro atoms. The van der Waals surface area contributed by atoms with Gasteiger partial charge < -0.3 is 19.8 Å². The summed E-state index contributed by atoms with van der Waals surface area (Å²) >= 11 is 1.32. The summed E-state index contributed by atoms with van der Waals surface area (Å²) in [6.45, 7) is 0.392. The number of nitrogens with zero attached hydrogens (tertiary/aromatic N) is 1. The zero-order valence-corrected chi connectivity index (χ0v) is 12.4. The molecule has 1 amide bonds. The molecule has 1 unspecified atom stereocenters. The van der Waals surface area contributed by atoms with E-state index in [4.69, 9.17) is 9.84 Å². The number of hydrogen-bond donors (Lipinski definition) is 2. The molecule has 0 aliphatic carbocycles. The Bertz CT molecular complexity index is 489. The first-order chi connectivity index (χ1) is 9.60. The van der Waals surface area contributed by atoms with E-state index in [9.17, 15) is 9.90 Å². The van der Waals surface area contributed by atoms with Crippen LogP contribution in [0.2, 0.25) is 0 Å². The van der Waals surface area contributed by atoms with Crippen molar-refractivity contribution in [2.45, 2.75) is 12.5 Å². The number of aliphatic hydroxyl groups is 2. The van der Waals surface area contributed by atoms with Crippen molar-refractivity contribution < 1.29 is 19.7 Å².